The van der Waals surface area contributed by atoms with E-state index in [1.165, 1.54) is 0 Å². The molecule has 2 amide bonds. The van der Waals surface area contributed by atoms with E-state index >= 15 is 0 Å². The third-order valence-corrected chi connectivity index (χ3v) is 3.00. The Morgan fingerprint density at radius 1 is 1.00 bits per heavy atom. The summed E-state index contributed by atoms with van der Waals surface area (Å²) in [7, 11) is 0. The van der Waals surface area contributed by atoms with Gasteiger partial charge in [-0.1, -0.05) is 12.1 Å². The molecule has 132 valence electrons. The normalized spacial score (nSPS) is 10.0. The fourth-order valence-corrected chi connectivity index (χ4v) is 1.89. The van der Waals surface area contributed by atoms with Crippen LogP contribution in [0.25, 0.3) is 0 Å². The number of ether oxygens (including phenoxy) is 2. The lowest BCUT2D eigenvalue weighted by Gasteiger charge is -2.12. The van der Waals surface area contributed by atoms with Gasteiger partial charge in [-0.2, -0.15) is 0 Å². The third kappa shape index (κ3) is 5.17. The van der Waals surface area contributed by atoms with Crippen LogP contribution in [0.3, 0.4) is 0 Å². The first-order chi connectivity index (χ1) is 12.0. The highest BCUT2D eigenvalue weighted by Gasteiger charge is 2.14. The number of para-hydroxylation sites is 2. The molecule has 0 atom stereocenters. The van der Waals surface area contributed by atoms with Gasteiger partial charge in [-0.25, -0.2) is 8.78 Å². The van der Waals surface area contributed by atoms with Gasteiger partial charge < -0.3 is 9.47 Å². The standard InChI is InChI=1S/C17H16F2N2O4/c1-2-24-14-5-3-4-6-15(14)25-10-16(22)20-21-17(23)12-8-7-11(18)9-13(12)19/h3-9H,2,10H2,1H3,(H,20,22)(H,21,23). The van der Waals surface area contributed by atoms with E-state index in [-0.39, 0.29) is 0 Å². The smallest absolute Gasteiger partial charge is 0.276 e. The van der Waals surface area contributed by atoms with E-state index < -0.39 is 35.6 Å². The average Bonchev–Trinajstić information content (AvgIpc) is 2.59. The largest absolute Gasteiger partial charge is 0.490 e. The second kappa shape index (κ2) is 8.62. The molecule has 0 radical (unpaired) electrons. The molecule has 0 aliphatic rings. The van der Waals surface area contributed by atoms with Gasteiger partial charge in [0.25, 0.3) is 11.8 Å². The minimum absolute atomic E-state index is 0.371. The van der Waals surface area contributed by atoms with Crippen molar-refractivity contribution >= 4 is 11.8 Å². The number of hydrogen-bond donors (Lipinski definition) is 2. The molecule has 0 unspecified atom stereocenters. The topological polar surface area (TPSA) is 76.7 Å². The van der Waals surface area contributed by atoms with Gasteiger partial charge >= 0.3 is 0 Å². The van der Waals surface area contributed by atoms with Gasteiger partial charge in [-0.15, -0.1) is 0 Å². The number of halogens is 2. The minimum Gasteiger partial charge on any atom is -0.490 e. The molecule has 0 bridgehead atoms. The molecule has 0 saturated heterocycles. The Hall–Kier alpha value is -3.16. The molecule has 0 heterocycles. The predicted octanol–water partition coefficient (Wildman–Crippen LogP) is 2.20. The molecule has 0 spiro atoms. The van der Waals surface area contributed by atoms with Crippen LogP contribution >= 0.6 is 0 Å². The molecular formula is C17H16F2N2O4. The van der Waals surface area contributed by atoms with Crippen LogP contribution in [0.5, 0.6) is 11.5 Å². The van der Waals surface area contributed by atoms with Crippen molar-refractivity contribution in [3.05, 3.63) is 59.7 Å². The zero-order valence-electron chi connectivity index (χ0n) is 13.3. The van der Waals surface area contributed by atoms with E-state index in [1.807, 2.05) is 12.3 Å². The molecule has 0 aromatic heterocycles. The number of amides is 2. The number of hydrogen-bond acceptors (Lipinski definition) is 4. The van der Waals surface area contributed by atoms with Gasteiger partial charge in [-0.05, 0) is 31.2 Å². The first kappa shape index (κ1) is 18.2. The molecule has 0 aliphatic carbocycles. The second-order valence-electron chi connectivity index (χ2n) is 4.79. The van der Waals surface area contributed by atoms with Crippen molar-refractivity contribution in [3.8, 4) is 11.5 Å². The zero-order chi connectivity index (χ0) is 18.2. The highest BCUT2D eigenvalue weighted by Crippen LogP contribution is 2.26. The number of rotatable bonds is 6. The monoisotopic (exact) mass is 350 g/mol. The Kier molecular flexibility index (Phi) is 6.27. The van der Waals surface area contributed by atoms with Crippen LogP contribution < -0.4 is 20.3 Å². The summed E-state index contributed by atoms with van der Waals surface area (Å²) in [5.74, 6) is -2.57. The third-order valence-electron chi connectivity index (χ3n) is 3.00. The summed E-state index contributed by atoms with van der Waals surface area (Å²) >= 11 is 0. The molecule has 2 rings (SSSR count). The predicted molar refractivity (Wildman–Crippen MR) is 85.1 cm³/mol. The maximum absolute atomic E-state index is 13.5. The Balaban J connectivity index is 1.86. The Morgan fingerprint density at radius 2 is 1.68 bits per heavy atom. The van der Waals surface area contributed by atoms with Gasteiger partial charge in [0.15, 0.2) is 18.1 Å². The molecule has 6 nitrogen and oxygen atoms in total. The summed E-state index contributed by atoms with van der Waals surface area (Å²) in [6, 6.07) is 9.28. The van der Waals surface area contributed by atoms with Crippen molar-refractivity contribution < 1.29 is 27.8 Å². The van der Waals surface area contributed by atoms with E-state index in [9.17, 15) is 18.4 Å². The van der Waals surface area contributed by atoms with Gasteiger partial charge in [0.2, 0.25) is 0 Å². The number of carbonyl (C=O) groups is 2. The van der Waals surface area contributed by atoms with Gasteiger partial charge in [-0.3, -0.25) is 20.4 Å². The summed E-state index contributed by atoms with van der Waals surface area (Å²) in [4.78, 5) is 23.5. The lowest BCUT2D eigenvalue weighted by atomic mass is 10.2. The molecular weight excluding hydrogens is 334 g/mol. The summed E-state index contributed by atoms with van der Waals surface area (Å²) in [5, 5.41) is 0. The summed E-state index contributed by atoms with van der Waals surface area (Å²) in [6.07, 6.45) is 0. The Morgan fingerprint density at radius 3 is 2.32 bits per heavy atom. The van der Waals surface area contributed by atoms with E-state index in [0.29, 0.717) is 24.2 Å². The summed E-state index contributed by atoms with van der Waals surface area (Å²) in [6.45, 7) is 1.86. The fourth-order valence-electron chi connectivity index (χ4n) is 1.89. The van der Waals surface area contributed by atoms with Crippen molar-refractivity contribution in [2.45, 2.75) is 6.92 Å². The zero-order valence-corrected chi connectivity index (χ0v) is 13.3. The van der Waals surface area contributed by atoms with Crippen molar-refractivity contribution in [2.24, 2.45) is 0 Å². The maximum Gasteiger partial charge on any atom is 0.276 e. The number of hydrazine groups is 1. The highest BCUT2D eigenvalue weighted by atomic mass is 19.1. The van der Waals surface area contributed by atoms with Crippen molar-refractivity contribution in [3.63, 3.8) is 0 Å². The molecule has 2 aromatic rings. The lowest BCUT2D eigenvalue weighted by Crippen LogP contribution is -2.44. The van der Waals surface area contributed by atoms with E-state index in [1.54, 1.807) is 24.3 Å². The SMILES string of the molecule is CCOc1ccccc1OCC(=O)NNC(=O)c1ccc(F)cc1F. The van der Waals surface area contributed by atoms with Crippen molar-refractivity contribution in [1.29, 1.82) is 0 Å². The lowest BCUT2D eigenvalue weighted by molar-refractivity contribution is -0.123. The van der Waals surface area contributed by atoms with Crippen LogP contribution in [0.1, 0.15) is 17.3 Å². The second-order valence-corrected chi connectivity index (χ2v) is 4.79. The first-order valence-corrected chi connectivity index (χ1v) is 7.40. The van der Waals surface area contributed by atoms with E-state index in [2.05, 4.69) is 5.43 Å². The minimum atomic E-state index is -1.03. The Bertz CT molecular complexity index is 768. The molecule has 0 aliphatic heterocycles. The van der Waals surface area contributed by atoms with Crippen LogP contribution in [-0.2, 0) is 4.79 Å². The van der Waals surface area contributed by atoms with Gasteiger partial charge in [0, 0.05) is 6.07 Å². The quantitative estimate of drug-likeness (QED) is 0.783. The van der Waals surface area contributed by atoms with Crippen LogP contribution in [0.2, 0.25) is 0 Å². The first-order valence-electron chi connectivity index (χ1n) is 7.40. The summed E-state index contributed by atoms with van der Waals surface area (Å²) in [5.41, 5.74) is 3.70. The highest BCUT2D eigenvalue weighted by molar-refractivity contribution is 5.95. The van der Waals surface area contributed by atoms with Gasteiger partial charge in [0.05, 0.1) is 12.2 Å². The van der Waals surface area contributed by atoms with Crippen molar-refractivity contribution in [2.75, 3.05) is 13.2 Å². The van der Waals surface area contributed by atoms with Crippen LogP contribution in [0.15, 0.2) is 42.5 Å². The molecule has 8 heteroatoms. The van der Waals surface area contributed by atoms with E-state index in [4.69, 9.17) is 9.47 Å². The number of benzene rings is 2. The maximum atomic E-state index is 13.5. The van der Waals surface area contributed by atoms with Gasteiger partial charge in [0.1, 0.15) is 11.6 Å². The number of carbonyl (C=O) groups excluding carboxylic acids is 2. The molecule has 25 heavy (non-hydrogen) atoms. The van der Waals surface area contributed by atoms with Crippen LogP contribution in [0, 0.1) is 11.6 Å². The average molecular weight is 350 g/mol. The summed E-state index contributed by atoms with van der Waals surface area (Å²) < 4.78 is 36.9. The van der Waals surface area contributed by atoms with E-state index in [0.717, 1.165) is 12.1 Å². The van der Waals surface area contributed by atoms with Crippen LogP contribution in [-0.4, -0.2) is 25.0 Å². The molecule has 2 aromatic carbocycles. The Labute approximate surface area is 142 Å². The van der Waals surface area contributed by atoms with Crippen molar-refractivity contribution in [1.82, 2.24) is 10.9 Å². The molecule has 0 fully saturated rings. The number of nitrogens with one attached hydrogen (secondary N) is 2. The molecule has 0 saturated carbocycles. The molecule has 2 N–H and O–H groups in total. The van der Waals surface area contributed by atoms with Crippen LogP contribution in [0.4, 0.5) is 8.78 Å². The fraction of sp³-hybridized carbons (Fsp3) is 0.176.